The number of methoxy groups -OCH3 is 1. The number of esters is 1. The SMILES string of the molecule is COC(=O)C(CC(=O)[C@@H](NC(=O)OCc1ccccc1)C(C)(C)C)Cc1c[nH]c2ccccc12. The summed E-state index contributed by atoms with van der Waals surface area (Å²) in [6.07, 6.45) is 1.46. The van der Waals surface area contributed by atoms with E-state index in [4.69, 9.17) is 9.47 Å². The van der Waals surface area contributed by atoms with Crippen LogP contribution in [0.5, 0.6) is 0 Å². The number of Topliss-reactive ketones (excluding diaryl/α,β-unsaturated/α-hetero) is 1. The number of hydrogen-bond donors (Lipinski definition) is 2. The van der Waals surface area contributed by atoms with Gasteiger partial charge in [-0.25, -0.2) is 4.79 Å². The third-order valence-electron chi connectivity index (χ3n) is 5.79. The third-order valence-corrected chi connectivity index (χ3v) is 5.79. The van der Waals surface area contributed by atoms with Crippen molar-refractivity contribution in [3.63, 3.8) is 0 Å². The first kappa shape index (κ1) is 25.0. The molecule has 0 saturated heterocycles. The van der Waals surface area contributed by atoms with Crippen LogP contribution < -0.4 is 5.32 Å². The number of hydrogen-bond acceptors (Lipinski definition) is 5. The molecule has 0 radical (unpaired) electrons. The van der Waals surface area contributed by atoms with Crippen LogP contribution in [0.25, 0.3) is 10.9 Å². The van der Waals surface area contributed by atoms with Gasteiger partial charge < -0.3 is 19.8 Å². The lowest BCUT2D eigenvalue weighted by atomic mass is 9.81. The minimum absolute atomic E-state index is 0.0624. The van der Waals surface area contributed by atoms with E-state index >= 15 is 0 Å². The summed E-state index contributed by atoms with van der Waals surface area (Å²) in [5.41, 5.74) is 2.16. The minimum Gasteiger partial charge on any atom is -0.469 e. The lowest BCUT2D eigenvalue weighted by molar-refractivity contribution is -0.147. The third kappa shape index (κ3) is 6.47. The van der Waals surface area contributed by atoms with Gasteiger partial charge in [0, 0.05) is 23.5 Å². The topological polar surface area (TPSA) is 97.5 Å². The molecule has 1 aromatic heterocycles. The fourth-order valence-electron chi connectivity index (χ4n) is 3.99. The van der Waals surface area contributed by atoms with Gasteiger partial charge in [-0.15, -0.1) is 0 Å². The molecule has 1 unspecified atom stereocenters. The lowest BCUT2D eigenvalue weighted by Gasteiger charge is -2.30. The Hall–Kier alpha value is -3.61. The lowest BCUT2D eigenvalue weighted by Crippen LogP contribution is -2.50. The fourth-order valence-corrected chi connectivity index (χ4v) is 3.99. The van der Waals surface area contributed by atoms with Gasteiger partial charge in [0.1, 0.15) is 6.61 Å². The summed E-state index contributed by atoms with van der Waals surface area (Å²) in [6, 6.07) is 16.3. The first-order valence-electron chi connectivity index (χ1n) is 11.3. The van der Waals surface area contributed by atoms with Crippen molar-refractivity contribution in [2.75, 3.05) is 7.11 Å². The molecule has 0 aliphatic heterocycles. The molecule has 2 N–H and O–H groups in total. The number of rotatable bonds is 9. The normalized spacial score (nSPS) is 13.2. The highest BCUT2D eigenvalue weighted by molar-refractivity contribution is 5.91. The van der Waals surface area contributed by atoms with Crippen molar-refractivity contribution in [1.82, 2.24) is 10.3 Å². The minimum atomic E-state index is -0.828. The molecule has 0 spiro atoms. The molecular weight excluding hydrogens is 432 g/mol. The fraction of sp³-hybridized carbons (Fsp3) is 0.370. The van der Waals surface area contributed by atoms with Gasteiger partial charge in [-0.05, 0) is 29.0 Å². The molecule has 0 fully saturated rings. The summed E-state index contributed by atoms with van der Waals surface area (Å²) in [6.45, 7) is 5.68. The summed E-state index contributed by atoms with van der Waals surface area (Å²) < 4.78 is 10.3. The average molecular weight is 465 g/mol. The van der Waals surface area contributed by atoms with Crippen molar-refractivity contribution in [2.24, 2.45) is 11.3 Å². The zero-order valence-electron chi connectivity index (χ0n) is 20.1. The van der Waals surface area contributed by atoms with Gasteiger partial charge in [-0.2, -0.15) is 0 Å². The maximum atomic E-state index is 13.3. The summed E-state index contributed by atoms with van der Waals surface area (Å²) >= 11 is 0. The molecular formula is C27H32N2O5. The Bertz CT molecular complexity index is 1130. The Kier molecular flexibility index (Phi) is 8.10. The number of carbonyl (C=O) groups excluding carboxylic acids is 3. The molecule has 3 aromatic rings. The maximum absolute atomic E-state index is 13.3. The van der Waals surface area contributed by atoms with Crippen LogP contribution in [0.1, 0.15) is 38.3 Å². The molecule has 1 amide bonds. The Labute approximate surface area is 199 Å². The Morgan fingerprint density at radius 3 is 2.35 bits per heavy atom. The zero-order chi connectivity index (χ0) is 24.7. The van der Waals surface area contributed by atoms with E-state index < -0.39 is 29.4 Å². The number of fused-ring (bicyclic) bond motifs is 1. The average Bonchev–Trinajstić information content (AvgIpc) is 3.23. The van der Waals surface area contributed by atoms with Gasteiger partial charge in [0.05, 0.1) is 19.1 Å². The van der Waals surface area contributed by atoms with Gasteiger partial charge in [-0.1, -0.05) is 69.3 Å². The van der Waals surface area contributed by atoms with Gasteiger partial charge in [-0.3, -0.25) is 9.59 Å². The van der Waals surface area contributed by atoms with Crippen LogP contribution in [-0.4, -0.2) is 36.0 Å². The van der Waals surface area contributed by atoms with E-state index in [-0.39, 0.29) is 18.8 Å². The number of carbonyl (C=O) groups is 3. The van der Waals surface area contributed by atoms with Crippen molar-refractivity contribution in [1.29, 1.82) is 0 Å². The van der Waals surface area contributed by atoms with Gasteiger partial charge in [0.25, 0.3) is 0 Å². The molecule has 3 rings (SSSR count). The number of amides is 1. The van der Waals surface area contributed by atoms with Crippen molar-refractivity contribution in [3.8, 4) is 0 Å². The second-order valence-corrected chi connectivity index (χ2v) is 9.46. The molecule has 180 valence electrons. The van der Waals surface area contributed by atoms with Gasteiger partial charge in [0.2, 0.25) is 0 Å². The predicted octanol–water partition coefficient (Wildman–Crippen LogP) is 4.80. The number of benzene rings is 2. The number of para-hydroxylation sites is 1. The first-order valence-corrected chi connectivity index (χ1v) is 11.3. The van der Waals surface area contributed by atoms with E-state index in [1.807, 2.05) is 81.6 Å². The largest absolute Gasteiger partial charge is 0.469 e. The quantitative estimate of drug-likeness (QED) is 0.443. The van der Waals surface area contributed by atoms with Crippen LogP contribution in [0.3, 0.4) is 0 Å². The molecule has 2 atom stereocenters. The second kappa shape index (κ2) is 11.0. The van der Waals surface area contributed by atoms with E-state index in [0.29, 0.717) is 6.42 Å². The smallest absolute Gasteiger partial charge is 0.408 e. The van der Waals surface area contributed by atoms with E-state index in [1.54, 1.807) is 0 Å². The van der Waals surface area contributed by atoms with Crippen molar-refractivity contribution >= 4 is 28.7 Å². The molecule has 0 saturated carbocycles. The maximum Gasteiger partial charge on any atom is 0.408 e. The van der Waals surface area contributed by atoms with Crippen molar-refractivity contribution < 1.29 is 23.9 Å². The molecule has 0 aliphatic carbocycles. The number of aromatic amines is 1. The van der Waals surface area contributed by atoms with E-state index in [2.05, 4.69) is 10.3 Å². The number of alkyl carbamates (subject to hydrolysis) is 1. The van der Waals surface area contributed by atoms with Gasteiger partial charge >= 0.3 is 12.1 Å². The molecule has 7 nitrogen and oxygen atoms in total. The Morgan fingerprint density at radius 1 is 1.00 bits per heavy atom. The number of aromatic nitrogens is 1. The van der Waals surface area contributed by atoms with Crippen LogP contribution >= 0.6 is 0 Å². The standard InChI is InChI=1S/C27H32N2O5/c1-27(2,3)24(29-26(32)34-17-18-10-6-5-7-11-18)23(30)15-19(25(31)33-4)14-20-16-28-22-13-9-8-12-21(20)22/h5-13,16,19,24,28H,14-15,17H2,1-4H3,(H,29,32)/t19?,24-/m1/s1. The van der Waals surface area contributed by atoms with Crippen LogP contribution in [-0.2, 0) is 32.1 Å². The summed E-state index contributed by atoms with van der Waals surface area (Å²) in [7, 11) is 1.31. The molecule has 7 heteroatoms. The molecule has 0 aliphatic rings. The highest BCUT2D eigenvalue weighted by Crippen LogP contribution is 2.26. The van der Waals surface area contributed by atoms with Crippen LogP contribution in [0.4, 0.5) is 4.79 Å². The molecule has 2 aromatic carbocycles. The number of H-pyrrole nitrogens is 1. The van der Waals surface area contributed by atoms with Crippen molar-refractivity contribution in [2.45, 2.75) is 46.3 Å². The van der Waals surface area contributed by atoms with E-state index in [1.165, 1.54) is 7.11 Å². The zero-order valence-corrected chi connectivity index (χ0v) is 20.1. The van der Waals surface area contributed by atoms with Crippen LogP contribution in [0.2, 0.25) is 0 Å². The summed E-state index contributed by atoms with van der Waals surface area (Å²) in [5.74, 6) is -1.39. The number of ketones is 1. The number of ether oxygens (including phenoxy) is 2. The van der Waals surface area contributed by atoms with Crippen LogP contribution in [0, 0.1) is 11.3 Å². The van der Waals surface area contributed by atoms with E-state index in [9.17, 15) is 14.4 Å². The first-order chi connectivity index (χ1) is 16.2. The van der Waals surface area contributed by atoms with Crippen molar-refractivity contribution in [3.05, 3.63) is 71.9 Å². The van der Waals surface area contributed by atoms with Gasteiger partial charge in [0.15, 0.2) is 5.78 Å². The summed E-state index contributed by atoms with van der Waals surface area (Å²) in [4.78, 5) is 41.6. The molecule has 0 bridgehead atoms. The summed E-state index contributed by atoms with van der Waals surface area (Å²) in [5, 5.41) is 3.71. The molecule has 1 heterocycles. The highest BCUT2D eigenvalue weighted by Gasteiger charge is 2.36. The monoisotopic (exact) mass is 464 g/mol. The Balaban J connectivity index is 1.71. The molecule has 34 heavy (non-hydrogen) atoms. The Morgan fingerprint density at radius 2 is 1.68 bits per heavy atom. The van der Waals surface area contributed by atoms with Crippen LogP contribution in [0.15, 0.2) is 60.8 Å². The second-order valence-electron chi connectivity index (χ2n) is 9.46. The highest BCUT2D eigenvalue weighted by atomic mass is 16.5. The number of nitrogens with one attached hydrogen (secondary N) is 2. The predicted molar refractivity (Wildman–Crippen MR) is 130 cm³/mol. The van der Waals surface area contributed by atoms with E-state index in [0.717, 1.165) is 22.0 Å².